The summed E-state index contributed by atoms with van der Waals surface area (Å²) in [5, 5.41) is 17.1. The summed E-state index contributed by atoms with van der Waals surface area (Å²) in [5.74, 6) is 0.247. The highest BCUT2D eigenvalue weighted by Gasteiger charge is 2.51. The minimum Gasteiger partial charge on any atom is -0.497 e. The summed E-state index contributed by atoms with van der Waals surface area (Å²) in [6.45, 7) is 4.49. The topological polar surface area (TPSA) is 90.9 Å². The van der Waals surface area contributed by atoms with Gasteiger partial charge in [0.1, 0.15) is 5.75 Å². The molecule has 0 spiro atoms. The molecule has 0 aliphatic carbocycles. The smallest absolute Gasteiger partial charge is 0.329 e. The first kappa shape index (κ1) is 19.7. The van der Waals surface area contributed by atoms with Gasteiger partial charge in [0.15, 0.2) is 0 Å². The van der Waals surface area contributed by atoms with E-state index in [1.807, 2.05) is 13.8 Å². The standard InChI is InChI=1S/C21H25N3O4/c1-14(2)11-12-22-19(25)21(27)17-9-4-5-10-18(17)23-20(26)24(21)15-7-6-8-16(13-15)28-3/h4-10,13-14,27H,11-12H2,1-3H3,(H,22,25)(H,23,26). The summed E-state index contributed by atoms with van der Waals surface area (Å²) in [4.78, 5) is 27.1. The van der Waals surface area contributed by atoms with Crippen molar-refractivity contribution in [3.63, 3.8) is 0 Å². The maximum Gasteiger partial charge on any atom is 0.329 e. The number of rotatable bonds is 6. The molecular formula is C21H25N3O4. The predicted molar refractivity (Wildman–Crippen MR) is 107 cm³/mol. The Morgan fingerprint density at radius 2 is 2.00 bits per heavy atom. The number of methoxy groups -OCH3 is 1. The van der Waals surface area contributed by atoms with Crippen molar-refractivity contribution < 1.29 is 19.4 Å². The summed E-state index contributed by atoms with van der Waals surface area (Å²) < 4.78 is 5.23. The fraction of sp³-hybridized carbons (Fsp3) is 0.333. The molecule has 3 N–H and O–H groups in total. The Bertz CT molecular complexity index is 883. The Hall–Kier alpha value is -3.06. The molecule has 1 aliphatic heterocycles. The number of nitrogens with one attached hydrogen (secondary N) is 2. The molecule has 3 rings (SSSR count). The van der Waals surface area contributed by atoms with Gasteiger partial charge in [0, 0.05) is 18.2 Å². The Balaban J connectivity index is 2.08. The van der Waals surface area contributed by atoms with E-state index in [0.717, 1.165) is 11.3 Å². The second-order valence-corrected chi connectivity index (χ2v) is 7.12. The molecule has 0 radical (unpaired) electrons. The highest BCUT2D eigenvalue weighted by atomic mass is 16.5. The molecule has 0 saturated heterocycles. The molecular weight excluding hydrogens is 358 g/mol. The van der Waals surface area contributed by atoms with E-state index in [9.17, 15) is 14.7 Å². The number of amides is 3. The van der Waals surface area contributed by atoms with Crippen molar-refractivity contribution in [3.05, 3.63) is 54.1 Å². The average Bonchev–Trinajstić information content (AvgIpc) is 2.67. The third-order valence-electron chi connectivity index (χ3n) is 4.71. The largest absolute Gasteiger partial charge is 0.497 e. The zero-order chi connectivity index (χ0) is 20.3. The molecule has 7 nitrogen and oxygen atoms in total. The lowest BCUT2D eigenvalue weighted by Crippen LogP contribution is -2.62. The summed E-state index contributed by atoms with van der Waals surface area (Å²) in [7, 11) is 1.51. The van der Waals surface area contributed by atoms with Crippen LogP contribution in [0, 0.1) is 5.92 Å². The molecule has 28 heavy (non-hydrogen) atoms. The van der Waals surface area contributed by atoms with Crippen molar-refractivity contribution in [1.82, 2.24) is 5.32 Å². The van der Waals surface area contributed by atoms with E-state index in [0.29, 0.717) is 35.2 Å². The molecule has 0 aromatic heterocycles. The molecule has 1 atom stereocenters. The first-order chi connectivity index (χ1) is 13.4. The number of carbonyl (C=O) groups excluding carboxylic acids is 2. The van der Waals surface area contributed by atoms with E-state index >= 15 is 0 Å². The number of carbonyl (C=O) groups is 2. The predicted octanol–water partition coefficient (Wildman–Crippen LogP) is 3.05. The number of benzene rings is 2. The molecule has 2 aromatic rings. The van der Waals surface area contributed by atoms with Gasteiger partial charge in [-0.3, -0.25) is 9.69 Å². The van der Waals surface area contributed by atoms with Gasteiger partial charge in [-0.1, -0.05) is 38.1 Å². The number of ether oxygens (including phenoxy) is 1. The monoisotopic (exact) mass is 383 g/mol. The molecule has 2 aromatic carbocycles. The summed E-state index contributed by atoms with van der Waals surface area (Å²) in [6.07, 6.45) is 0.759. The summed E-state index contributed by atoms with van der Waals surface area (Å²) in [5.41, 5.74) is -1.15. The lowest BCUT2D eigenvalue weighted by molar-refractivity contribution is -0.140. The van der Waals surface area contributed by atoms with E-state index in [-0.39, 0.29) is 0 Å². The van der Waals surface area contributed by atoms with Crippen LogP contribution in [0.15, 0.2) is 48.5 Å². The van der Waals surface area contributed by atoms with Crippen LogP contribution in [-0.2, 0) is 10.5 Å². The van der Waals surface area contributed by atoms with E-state index in [4.69, 9.17) is 4.74 Å². The molecule has 0 saturated carbocycles. The molecule has 1 unspecified atom stereocenters. The number of hydrogen-bond donors (Lipinski definition) is 3. The van der Waals surface area contributed by atoms with E-state index in [2.05, 4.69) is 10.6 Å². The maximum absolute atomic E-state index is 13.1. The van der Waals surface area contributed by atoms with Gasteiger partial charge in [-0.05, 0) is 30.5 Å². The second-order valence-electron chi connectivity index (χ2n) is 7.12. The number of para-hydroxylation sites is 1. The van der Waals surface area contributed by atoms with Crippen LogP contribution in [0.5, 0.6) is 5.75 Å². The lowest BCUT2D eigenvalue weighted by atomic mass is 9.94. The zero-order valence-electron chi connectivity index (χ0n) is 16.2. The van der Waals surface area contributed by atoms with Gasteiger partial charge < -0.3 is 20.5 Å². The minimum absolute atomic E-state index is 0.305. The minimum atomic E-state index is -2.19. The van der Waals surface area contributed by atoms with Crippen molar-refractivity contribution in [2.24, 2.45) is 5.92 Å². The van der Waals surface area contributed by atoms with Crippen LogP contribution >= 0.6 is 0 Å². The normalized spacial score (nSPS) is 18.5. The quantitative estimate of drug-likeness (QED) is 0.715. The Morgan fingerprint density at radius 3 is 2.71 bits per heavy atom. The van der Waals surface area contributed by atoms with Crippen LogP contribution in [0.1, 0.15) is 25.8 Å². The lowest BCUT2D eigenvalue weighted by Gasteiger charge is -2.42. The number of nitrogens with zero attached hydrogens (tertiary/aromatic N) is 1. The first-order valence-corrected chi connectivity index (χ1v) is 9.23. The highest BCUT2D eigenvalue weighted by Crippen LogP contribution is 2.40. The molecule has 0 fully saturated rings. The van der Waals surface area contributed by atoms with Crippen LogP contribution in [0.4, 0.5) is 16.2 Å². The van der Waals surface area contributed by atoms with Crippen molar-refractivity contribution in [2.45, 2.75) is 26.0 Å². The van der Waals surface area contributed by atoms with Gasteiger partial charge in [-0.15, -0.1) is 0 Å². The van der Waals surface area contributed by atoms with Gasteiger partial charge in [-0.25, -0.2) is 4.79 Å². The number of urea groups is 1. The van der Waals surface area contributed by atoms with Gasteiger partial charge in [0.25, 0.3) is 11.6 Å². The third-order valence-corrected chi connectivity index (χ3v) is 4.71. The molecule has 1 heterocycles. The number of anilines is 2. The number of hydrogen-bond acceptors (Lipinski definition) is 4. The molecule has 1 aliphatic rings. The fourth-order valence-corrected chi connectivity index (χ4v) is 3.21. The van der Waals surface area contributed by atoms with Crippen LogP contribution in [-0.4, -0.2) is 30.7 Å². The van der Waals surface area contributed by atoms with Crippen LogP contribution in [0.2, 0.25) is 0 Å². The Morgan fingerprint density at radius 1 is 1.25 bits per heavy atom. The average molecular weight is 383 g/mol. The van der Waals surface area contributed by atoms with Crippen molar-refractivity contribution in [1.29, 1.82) is 0 Å². The van der Waals surface area contributed by atoms with E-state index < -0.39 is 17.7 Å². The van der Waals surface area contributed by atoms with Gasteiger partial charge in [-0.2, -0.15) is 0 Å². The van der Waals surface area contributed by atoms with Crippen LogP contribution < -0.4 is 20.3 Å². The Kier molecular flexibility index (Phi) is 5.56. The maximum atomic E-state index is 13.1. The molecule has 148 valence electrons. The fourth-order valence-electron chi connectivity index (χ4n) is 3.21. The summed E-state index contributed by atoms with van der Waals surface area (Å²) >= 11 is 0. The van der Waals surface area contributed by atoms with Gasteiger partial charge >= 0.3 is 6.03 Å². The van der Waals surface area contributed by atoms with E-state index in [1.54, 1.807) is 48.5 Å². The molecule has 3 amide bonds. The number of aliphatic hydroxyl groups is 1. The number of fused-ring (bicyclic) bond motifs is 1. The SMILES string of the molecule is COc1cccc(N2C(=O)Nc3ccccc3C2(O)C(=O)NCCC(C)C)c1. The third kappa shape index (κ3) is 3.53. The molecule has 7 heteroatoms. The highest BCUT2D eigenvalue weighted by molar-refractivity contribution is 6.11. The van der Waals surface area contributed by atoms with Crippen molar-refractivity contribution in [3.8, 4) is 5.75 Å². The second kappa shape index (κ2) is 7.90. The Labute approximate surface area is 164 Å². The van der Waals surface area contributed by atoms with Crippen molar-refractivity contribution in [2.75, 3.05) is 23.9 Å². The summed E-state index contributed by atoms with van der Waals surface area (Å²) in [6, 6.07) is 12.8. The van der Waals surface area contributed by atoms with Crippen molar-refractivity contribution >= 4 is 23.3 Å². The van der Waals surface area contributed by atoms with E-state index in [1.165, 1.54) is 7.11 Å². The molecule has 0 bridgehead atoms. The first-order valence-electron chi connectivity index (χ1n) is 9.23. The zero-order valence-corrected chi connectivity index (χ0v) is 16.2. The van der Waals surface area contributed by atoms with Crippen LogP contribution in [0.3, 0.4) is 0 Å². The van der Waals surface area contributed by atoms with Gasteiger partial charge in [0.2, 0.25) is 0 Å². The van der Waals surface area contributed by atoms with Crippen LogP contribution in [0.25, 0.3) is 0 Å². The van der Waals surface area contributed by atoms with Gasteiger partial charge in [0.05, 0.1) is 18.5 Å².